The van der Waals surface area contributed by atoms with Crippen LogP contribution in [-0.4, -0.2) is 21.8 Å². The number of aromatic nitrogens is 2. The number of benzene rings is 2. The average Bonchev–Trinajstić information content (AvgIpc) is 2.69. The molecule has 3 aromatic rings. The van der Waals surface area contributed by atoms with Crippen molar-refractivity contribution >= 4 is 11.6 Å². The molecular weight excluding hydrogens is 368 g/mol. The highest BCUT2D eigenvalue weighted by molar-refractivity contribution is 5.94. The smallest absolute Gasteiger partial charge is 0.271 e. The molecule has 0 fully saturated rings. The summed E-state index contributed by atoms with van der Waals surface area (Å²) in [6.45, 7) is 1.72. The van der Waals surface area contributed by atoms with Gasteiger partial charge in [0, 0.05) is 12.1 Å². The fraction of sp³-hybridized carbons (Fsp3) is 0.150. The van der Waals surface area contributed by atoms with Crippen molar-refractivity contribution in [3.8, 4) is 11.6 Å². The lowest BCUT2D eigenvalue weighted by Gasteiger charge is -2.17. The summed E-state index contributed by atoms with van der Waals surface area (Å²) < 4.78 is 33.5. The molecule has 8 heteroatoms. The van der Waals surface area contributed by atoms with Gasteiger partial charge >= 0.3 is 0 Å². The number of halogens is 2. The first kappa shape index (κ1) is 19.2. The van der Waals surface area contributed by atoms with Crippen LogP contribution in [0.3, 0.4) is 0 Å². The van der Waals surface area contributed by atoms with E-state index < -0.39 is 29.2 Å². The molecule has 1 heterocycles. The highest BCUT2D eigenvalue weighted by atomic mass is 19.1. The largest absolute Gasteiger partial charge is 0.463 e. The second-order valence-corrected chi connectivity index (χ2v) is 5.88. The van der Waals surface area contributed by atoms with Gasteiger partial charge in [-0.05, 0) is 42.8 Å². The summed E-state index contributed by atoms with van der Waals surface area (Å²) in [5.41, 5.74) is -0.0534. The van der Waals surface area contributed by atoms with Gasteiger partial charge in [-0.1, -0.05) is 19.1 Å². The van der Waals surface area contributed by atoms with Crippen molar-refractivity contribution in [2.45, 2.75) is 19.4 Å². The number of rotatable bonds is 6. The van der Waals surface area contributed by atoms with Crippen LogP contribution in [0, 0.1) is 11.6 Å². The van der Waals surface area contributed by atoms with Crippen molar-refractivity contribution in [1.29, 1.82) is 0 Å². The lowest BCUT2D eigenvalue weighted by atomic mass is 10.2. The van der Waals surface area contributed by atoms with E-state index in [-0.39, 0.29) is 18.0 Å². The summed E-state index contributed by atoms with van der Waals surface area (Å²) in [4.78, 5) is 24.5. The van der Waals surface area contributed by atoms with Crippen molar-refractivity contribution in [3.05, 3.63) is 82.7 Å². The van der Waals surface area contributed by atoms with Crippen LogP contribution in [0.25, 0.3) is 5.69 Å². The van der Waals surface area contributed by atoms with Crippen LogP contribution < -0.4 is 15.6 Å². The SMILES string of the molecule is CC[C@H](Oc1ccc(=O)n(-c2ccc(F)cc2)n1)C(=O)Nc1ccccc1F. The topological polar surface area (TPSA) is 73.2 Å². The third-order valence-corrected chi connectivity index (χ3v) is 3.90. The van der Waals surface area contributed by atoms with Gasteiger partial charge in [-0.25, -0.2) is 8.78 Å². The minimum Gasteiger partial charge on any atom is -0.463 e. The van der Waals surface area contributed by atoms with Crippen LogP contribution in [-0.2, 0) is 4.79 Å². The molecule has 0 aliphatic rings. The number of anilines is 1. The first-order valence-corrected chi connectivity index (χ1v) is 8.56. The molecule has 2 aromatic carbocycles. The Morgan fingerprint density at radius 1 is 1.11 bits per heavy atom. The molecule has 0 aliphatic heterocycles. The Bertz CT molecular complexity index is 1040. The predicted octanol–water partition coefficient (Wildman–Crippen LogP) is 3.31. The van der Waals surface area contributed by atoms with E-state index in [1.54, 1.807) is 13.0 Å². The molecule has 0 spiro atoms. The zero-order valence-corrected chi connectivity index (χ0v) is 14.9. The molecule has 144 valence electrons. The minimum atomic E-state index is -0.953. The number of carbonyl (C=O) groups is 1. The van der Waals surface area contributed by atoms with Gasteiger partial charge in [0.05, 0.1) is 11.4 Å². The number of hydrogen-bond donors (Lipinski definition) is 1. The monoisotopic (exact) mass is 385 g/mol. The molecule has 1 amide bonds. The zero-order chi connectivity index (χ0) is 20.1. The van der Waals surface area contributed by atoms with E-state index in [1.165, 1.54) is 54.6 Å². The van der Waals surface area contributed by atoms with Crippen molar-refractivity contribution < 1.29 is 18.3 Å². The molecule has 0 bridgehead atoms. The Morgan fingerprint density at radius 3 is 2.50 bits per heavy atom. The number of carbonyl (C=O) groups excluding carboxylic acids is 1. The van der Waals surface area contributed by atoms with Crippen LogP contribution in [0.5, 0.6) is 5.88 Å². The third-order valence-electron chi connectivity index (χ3n) is 3.90. The number of ether oxygens (including phenoxy) is 1. The average molecular weight is 385 g/mol. The Morgan fingerprint density at radius 2 is 1.82 bits per heavy atom. The normalized spacial score (nSPS) is 11.7. The molecule has 0 unspecified atom stereocenters. The maximum atomic E-state index is 13.7. The first-order chi connectivity index (χ1) is 13.5. The van der Waals surface area contributed by atoms with Gasteiger partial charge in [0.25, 0.3) is 11.5 Å². The number of para-hydroxylation sites is 1. The molecule has 3 rings (SSSR count). The number of hydrogen-bond acceptors (Lipinski definition) is 4. The van der Waals surface area contributed by atoms with Gasteiger partial charge in [0.1, 0.15) is 11.6 Å². The molecule has 0 radical (unpaired) electrons. The molecule has 0 aliphatic carbocycles. The maximum absolute atomic E-state index is 13.7. The quantitative estimate of drug-likeness (QED) is 0.707. The summed E-state index contributed by atoms with van der Waals surface area (Å²) >= 11 is 0. The van der Waals surface area contributed by atoms with E-state index in [0.717, 1.165) is 4.68 Å². The summed E-state index contributed by atoms with van der Waals surface area (Å²) in [6, 6.07) is 13.5. The number of amides is 1. The van der Waals surface area contributed by atoms with Gasteiger partial charge < -0.3 is 10.1 Å². The molecule has 1 aromatic heterocycles. The van der Waals surface area contributed by atoms with E-state index in [9.17, 15) is 18.4 Å². The van der Waals surface area contributed by atoms with E-state index in [2.05, 4.69) is 10.4 Å². The third kappa shape index (κ3) is 4.40. The highest BCUT2D eigenvalue weighted by Gasteiger charge is 2.20. The maximum Gasteiger partial charge on any atom is 0.271 e. The molecule has 1 atom stereocenters. The summed E-state index contributed by atoms with van der Waals surface area (Å²) in [5, 5.41) is 6.54. The Labute approximate surface area is 159 Å². The van der Waals surface area contributed by atoms with Crippen molar-refractivity contribution in [2.75, 3.05) is 5.32 Å². The fourth-order valence-electron chi connectivity index (χ4n) is 2.47. The van der Waals surface area contributed by atoms with Gasteiger partial charge in [-0.2, -0.15) is 4.68 Å². The summed E-state index contributed by atoms with van der Waals surface area (Å²) in [5.74, 6) is -1.53. The summed E-state index contributed by atoms with van der Waals surface area (Å²) in [6.07, 6.45) is -0.663. The first-order valence-electron chi connectivity index (χ1n) is 8.56. The van der Waals surface area contributed by atoms with Gasteiger partial charge in [-0.15, -0.1) is 5.10 Å². The van der Waals surface area contributed by atoms with Crippen LogP contribution in [0.4, 0.5) is 14.5 Å². The Kier molecular flexibility index (Phi) is 5.78. The second kappa shape index (κ2) is 8.43. The van der Waals surface area contributed by atoms with Crippen LogP contribution >= 0.6 is 0 Å². The van der Waals surface area contributed by atoms with Gasteiger partial charge in [0.2, 0.25) is 5.88 Å². The van der Waals surface area contributed by atoms with Gasteiger partial charge in [-0.3, -0.25) is 9.59 Å². The van der Waals surface area contributed by atoms with E-state index in [4.69, 9.17) is 4.74 Å². The van der Waals surface area contributed by atoms with Gasteiger partial charge in [0.15, 0.2) is 6.10 Å². The second-order valence-electron chi connectivity index (χ2n) is 5.88. The zero-order valence-electron chi connectivity index (χ0n) is 14.9. The highest BCUT2D eigenvalue weighted by Crippen LogP contribution is 2.15. The fourth-order valence-corrected chi connectivity index (χ4v) is 2.47. The number of nitrogens with one attached hydrogen (secondary N) is 1. The molecule has 1 N–H and O–H groups in total. The molecular formula is C20H17F2N3O3. The Hall–Kier alpha value is -3.55. The lowest BCUT2D eigenvalue weighted by Crippen LogP contribution is -2.33. The minimum absolute atomic E-state index is 0.0273. The number of nitrogens with zero attached hydrogens (tertiary/aromatic N) is 2. The lowest BCUT2D eigenvalue weighted by molar-refractivity contribution is -0.123. The van der Waals surface area contributed by atoms with Crippen molar-refractivity contribution in [3.63, 3.8) is 0 Å². The Balaban J connectivity index is 1.80. The standard InChI is InChI=1S/C20H17F2N3O3/c1-2-17(20(27)23-16-6-4-3-5-15(16)22)28-18-11-12-19(26)25(24-18)14-9-7-13(21)8-10-14/h3-12,17H,2H2,1H3,(H,23,27)/t17-/m0/s1. The van der Waals surface area contributed by atoms with Crippen molar-refractivity contribution in [1.82, 2.24) is 9.78 Å². The van der Waals surface area contributed by atoms with E-state index in [1.807, 2.05) is 0 Å². The molecule has 6 nitrogen and oxygen atoms in total. The predicted molar refractivity (Wildman–Crippen MR) is 99.5 cm³/mol. The van der Waals surface area contributed by atoms with Crippen molar-refractivity contribution in [2.24, 2.45) is 0 Å². The molecule has 0 saturated carbocycles. The van der Waals surface area contributed by atoms with Crippen LogP contribution in [0.15, 0.2) is 65.5 Å². The van der Waals surface area contributed by atoms with E-state index in [0.29, 0.717) is 5.69 Å². The van der Waals surface area contributed by atoms with E-state index >= 15 is 0 Å². The molecule has 28 heavy (non-hydrogen) atoms. The van der Waals surface area contributed by atoms with Crippen LogP contribution in [0.1, 0.15) is 13.3 Å². The molecule has 0 saturated heterocycles. The van der Waals surface area contributed by atoms with Crippen LogP contribution in [0.2, 0.25) is 0 Å². The summed E-state index contributed by atoms with van der Waals surface area (Å²) in [7, 11) is 0.